The van der Waals surface area contributed by atoms with Gasteiger partial charge in [0, 0.05) is 25.8 Å². The molecule has 3 aromatic heterocycles. The molecular formula is C60H56N4O. The standard InChI is InChI=1S/C60H56N4O/c1-40(2)33-41-31-32-61-57(34-41)64-53-26-10-9-23-51(53)52-30-29-48(38-56(52)64)65-47-22-15-21-46(37-47)62-39-63(55-28-12-11-27-54(55)62)58-49(42-17-13-19-44(35-42)59(3,4)5)24-16-25-50(58)43-18-14-20-45(36-43)60(6,7)8/h9-32,34-38,40H,33H2,1-8H3/i33D2. The van der Waals surface area contributed by atoms with Crippen LogP contribution in [0.25, 0.3) is 72.3 Å². The maximum atomic E-state index is 8.84. The first-order valence-electron chi connectivity index (χ1n) is 23.6. The van der Waals surface area contributed by atoms with Crippen LogP contribution in [0.5, 0.6) is 11.5 Å². The smallest absolute Gasteiger partial charge is 0.269 e. The first-order valence-corrected chi connectivity index (χ1v) is 22.6. The van der Waals surface area contributed by atoms with Gasteiger partial charge in [0.15, 0.2) is 0 Å². The highest BCUT2D eigenvalue weighted by Gasteiger charge is 2.23. The van der Waals surface area contributed by atoms with Gasteiger partial charge in [-0.15, -0.1) is 0 Å². The lowest BCUT2D eigenvalue weighted by atomic mass is 9.84. The van der Waals surface area contributed by atoms with Gasteiger partial charge in [0.25, 0.3) is 6.33 Å². The largest absolute Gasteiger partial charge is 0.458 e. The minimum absolute atomic E-state index is 0.0172. The lowest BCUT2D eigenvalue weighted by Gasteiger charge is -2.23. The van der Waals surface area contributed by atoms with Crippen LogP contribution in [-0.2, 0) is 17.2 Å². The minimum Gasteiger partial charge on any atom is -0.458 e. The van der Waals surface area contributed by atoms with Crippen LogP contribution in [0, 0.1) is 12.2 Å². The number of para-hydroxylation sites is 4. The summed E-state index contributed by atoms with van der Waals surface area (Å²) in [5.41, 5.74) is 13.6. The summed E-state index contributed by atoms with van der Waals surface area (Å²) in [5, 5.41) is 2.14. The lowest BCUT2D eigenvalue weighted by molar-refractivity contribution is -0.571. The zero-order chi connectivity index (χ0) is 46.8. The first-order chi connectivity index (χ1) is 32.1. The van der Waals surface area contributed by atoms with Gasteiger partial charge in [-0.2, -0.15) is 0 Å². The molecule has 7 aromatic carbocycles. The van der Waals surface area contributed by atoms with Gasteiger partial charge in [-0.3, -0.25) is 13.7 Å². The van der Waals surface area contributed by atoms with Crippen molar-refractivity contribution in [3.8, 4) is 50.9 Å². The quantitative estimate of drug-likeness (QED) is 0.107. The number of aromatic nitrogens is 4. The molecule has 0 spiro atoms. The zero-order valence-electron chi connectivity index (χ0n) is 40.5. The minimum atomic E-state index is -1.51. The molecule has 10 rings (SSSR count). The lowest BCUT2D eigenvalue weighted by Crippen LogP contribution is -2.31. The molecule has 0 fully saturated rings. The van der Waals surface area contributed by atoms with Crippen LogP contribution in [0.3, 0.4) is 0 Å². The van der Waals surface area contributed by atoms with Gasteiger partial charge in [-0.1, -0.05) is 171 Å². The van der Waals surface area contributed by atoms with E-state index in [0.717, 1.165) is 66.5 Å². The maximum absolute atomic E-state index is 8.84. The molecule has 0 radical (unpaired) electrons. The summed E-state index contributed by atoms with van der Waals surface area (Å²) in [7, 11) is 0. The van der Waals surface area contributed by atoms with E-state index in [4.69, 9.17) is 12.5 Å². The zero-order valence-corrected chi connectivity index (χ0v) is 38.5. The molecule has 5 nitrogen and oxygen atoms in total. The third-order valence-corrected chi connectivity index (χ3v) is 12.3. The number of rotatable bonds is 9. The summed E-state index contributed by atoms with van der Waals surface area (Å²) in [6, 6.07) is 59.4. The Labute approximate surface area is 386 Å². The van der Waals surface area contributed by atoms with E-state index in [9.17, 15) is 0 Å². The Morgan fingerprint density at radius 2 is 1.22 bits per heavy atom. The Morgan fingerprint density at radius 1 is 0.600 bits per heavy atom. The molecule has 65 heavy (non-hydrogen) atoms. The Balaban J connectivity index is 1.10. The Hall–Kier alpha value is -7.24. The van der Waals surface area contributed by atoms with Crippen molar-refractivity contribution >= 4 is 32.8 Å². The Bertz CT molecular complexity index is 3410. The van der Waals surface area contributed by atoms with Crippen molar-refractivity contribution in [3.63, 3.8) is 0 Å². The molecule has 0 unspecified atom stereocenters. The molecule has 0 saturated heterocycles. The molecule has 0 aliphatic rings. The summed E-state index contributed by atoms with van der Waals surface area (Å²) < 4.78 is 30.9. The van der Waals surface area contributed by atoms with Gasteiger partial charge in [0.2, 0.25) is 0 Å². The predicted octanol–water partition coefficient (Wildman–Crippen LogP) is 15.1. The Morgan fingerprint density at radius 3 is 1.91 bits per heavy atom. The van der Waals surface area contributed by atoms with E-state index < -0.39 is 6.37 Å². The van der Waals surface area contributed by atoms with Crippen LogP contribution in [0.4, 0.5) is 0 Å². The molecule has 322 valence electrons. The highest BCUT2D eigenvalue weighted by molar-refractivity contribution is 6.09. The van der Waals surface area contributed by atoms with Gasteiger partial charge in [-0.05, 0) is 111 Å². The van der Waals surface area contributed by atoms with E-state index in [1.54, 1.807) is 12.3 Å². The van der Waals surface area contributed by atoms with E-state index >= 15 is 0 Å². The number of nitrogens with zero attached hydrogens (tertiary/aromatic N) is 4. The normalized spacial score (nSPS) is 12.9. The number of hydrogen-bond acceptors (Lipinski definition) is 2. The number of hydrogen-bond donors (Lipinski definition) is 0. The molecule has 0 atom stereocenters. The molecule has 0 amide bonds. The molecular weight excluding hydrogens is 793 g/mol. The van der Waals surface area contributed by atoms with Crippen molar-refractivity contribution in [1.82, 2.24) is 14.1 Å². The molecule has 0 N–H and O–H groups in total. The number of pyridine rings is 1. The molecule has 0 saturated carbocycles. The van der Waals surface area contributed by atoms with Crippen molar-refractivity contribution in [2.45, 2.75) is 72.6 Å². The third-order valence-electron chi connectivity index (χ3n) is 12.3. The SMILES string of the molecule is [2H]C([2H])(c1ccnc(-n2c3ccccc3c3ccc(Oc4cccc(-n5[c-][n+](-c6c(-c7cccc(C(C)(C)C)c7)cccc6-c6cccc(C(C)(C)C)c6)c6ccccc65)c4)cc32)c1)C(C)C. The van der Waals surface area contributed by atoms with Gasteiger partial charge >= 0.3 is 0 Å². The highest BCUT2D eigenvalue weighted by Crippen LogP contribution is 2.39. The summed E-state index contributed by atoms with van der Waals surface area (Å²) >= 11 is 0. The fraction of sp³-hybridized carbons (Fsp3) is 0.200. The molecule has 10 aromatic rings. The monoisotopic (exact) mass is 850 g/mol. The van der Waals surface area contributed by atoms with Crippen LogP contribution in [0.2, 0.25) is 0 Å². The average molecular weight is 851 g/mol. The number of ether oxygens (including phenoxy) is 1. The third kappa shape index (κ3) is 8.01. The number of fused-ring (bicyclic) bond motifs is 4. The Kier molecular flexibility index (Phi) is 9.93. The fourth-order valence-electron chi connectivity index (χ4n) is 9.02. The van der Waals surface area contributed by atoms with Gasteiger partial charge in [-0.25, -0.2) is 4.98 Å². The second-order valence-electron chi connectivity index (χ2n) is 19.5. The average Bonchev–Trinajstić information content (AvgIpc) is 3.87. The molecule has 0 aliphatic carbocycles. The van der Waals surface area contributed by atoms with Crippen LogP contribution in [0.15, 0.2) is 176 Å². The van der Waals surface area contributed by atoms with E-state index in [2.05, 4.69) is 189 Å². The second kappa shape index (κ2) is 16.4. The number of benzene rings is 7. The summed E-state index contributed by atoms with van der Waals surface area (Å²) in [6.45, 7) is 17.4. The van der Waals surface area contributed by atoms with Crippen LogP contribution >= 0.6 is 0 Å². The van der Waals surface area contributed by atoms with Crippen molar-refractivity contribution < 1.29 is 12.0 Å². The maximum Gasteiger partial charge on any atom is 0.269 e. The molecule has 5 heteroatoms. The van der Waals surface area contributed by atoms with Crippen LogP contribution < -0.4 is 9.30 Å². The molecule has 3 heterocycles. The van der Waals surface area contributed by atoms with Crippen LogP contribution in [0.1, 0.15) is 74.8 Å². The van der Waals surface area contributed by atoms with Crippen molar-refractivity contribution in [3.05, 3.63) is 199 Å². The van der Waals surface area contributed by atoms with Crippen molar-refractivity contribution in [1.29, 1.82) is 0 Å². The first kappa shape index (κ1) is 39.4. The van der Waals surface area contributed by atoms with E-state index in [0.29, 0.717) is 22.9 Å². The van der Waals surface area contributed by atoms with Crippen LogP contribution in [-0.4, -0.2) is 14.1 Å². The molecule has 0 bridgehead atoms. The van der Waals surface area contributed by atoms with Crippen molar-refractivity contribution in [2.75, 3.05) is 0 Å². The topological polar surface area (TPSA) is 35.9 Å². The van der Waals surface area contributed by atoms with Gasteiger partial charge in [0.1, 0.15) is 17.3 Å². The second-order valence-corrected chi connectivity index (χ2v) is 19.5. The van der Waals surface area contributed by atoms with E-state index in [1.807, 2.05) is 50.2 Å². The summed E-state index contributed by atoms with van der Waals surface area (Å²) in [4.78, 5) is 4.78. The number of imidazole rings is 1. The predicted molar refractivity (Wildman–Crippen MR) is 269 cm³/mol. The van der Waals surface area contributed by atoms with Crippen molar-refractivity contribution in [2.24, 2.45) is 5.92 Å². The highest BCUT2D eigenvalue weighted by atomic mass is 16.5. The van der Waals surface area contributed by atoms with Gasteiger partial charge < -0.3 is 4.74 Å². The molecule has 0 aliphatic heterocycles. The van der Waals surface area contributed by atoms with E-state index in [1.165, 1.54) is 11.1 Å². The summed E-state index contributed by atoms with van der Waals surface area (Å²) in [5.74, 6) is 1.81. The summed E-state index contributed by atoms with van der Waals surface area (Å²) in [6.07, 6.45) is 4.04. The van der Waals surface area contributed by atoms with E-state index in [-0.39, 0.29) is 16.7 Å². The fourth-order valence-corrected chi connectivity index (χ4v) is 9.02. The van der Waals surface area contributed by atoms with Gasteiger partial charge in [0.05, 0.1) is 33.4 Å².